The highest BCUT2D eigenvalue weighted by atomic mass is 35.5. The third kappa shape index (κ3) is 4.64. The number of likely N-dealkylation sites (tertiary alicyclic amines) is 1. The molecule has 1 aliphatic rings. The summed E-state index contributed by atoms with van der Waals surface area (Å²) in [7, 11) is 0. The third-order valence-electron chi connectivity index (χ3n) is 5.53. The molecule has 2 aromatic carbocycles. The number of hydrogen-bond acceptors (Lipinski definition) is 4. The largest absolute Gasteiger partial charge is 0.369 e. The monoisotopic (exact) mass is 441 g/mol. The summed E-state index contributed by atoms with van der Waals surface area (Å²) >= 11 is 11.9. The Labute approximate surface area is 185 Å². The van der Waals surface area contributed by atoms with Crippen LogP contribution in [0.25, 0.3) is 11.4 Å². The van der Waals surface area contributed by atoms with Crippen molar-refractivity contribution in [1.82, 2.24) is 19.2 Å². The number of piperidine rings is 1. The molecular weight excluding hydrogens is 418 g/mol. The maximum Gasteiger partial charge on any atom is 0.220 e. The SMILES string of the molecule is NC(=O)C1CCN(Cn2nc(-c3ccc(Cl)cc3)n(Cc3ccccc3)c2=S)CC1. The molecule has 6 nitrogen and oxygen atoms in total. The topological polar surface area (TPSA) is 69.1 Å². The van der Waals surface area contributed by atoms with Gasteiger partial charge >= 0.3 is 0 Å². The van der Waals surface area contributed by atoms with E-state index in [9.17, 15) is 4.79 Å². The summed E-state index contributed by atoms with van der Waals surface area (Å²) in [5.74, 6) is 0.574. The van der Waals surface area contributed by atoms with Gasteiger partial charge in [0.1, 0.15) is 0 Å². The third-order valence-corrected chi connectivity index (χ3v) is 6.22. The number of aromatic nitrogens is 3. The number of amides is 1. The Bertz CT molecular complexity index is 1070. The van der Waals surface area contributed by atoms with Gasteiger partial charge in [0.2, 0.25) is 5.91 Å². The van der Waals surface area contributed by atoms with Gasteiger partial charge in [-0.2, -0.15) is 5.10 Å². The predicted octanol–water partition coefficient (Wildman–Crippen LogP) is 3.94. The molecule has 8 heteroatoms. The van der Waals surface area contributed by atoms with Crippen LogP contribution in [0.4, 0.5) is 0 Å². The van der Waals surface area contributed by atoms with Crippen molar-refractivity contribution in [3.05, 3.63) is 70.0 Å². The number of carbonyl (C=O) groups excluding carboxylic acids is 1. The summed E-state index contributed by atoms with van der Waals surface area (Å²) in [6.45, 7) is 2.84. The number of nitrogens with two attached hydrogens (primary N) is 1. The molecule has 30 heavy (non-hydrogen) atoms. The number of primary amides is 1. The van der Waals surface area contributed by atoms with Crippen molar-refractivity contribution in [2.24, 2.45) is 11.7 Å². The Hall–Kier alpha value is -2.48. The average Bonchev–Trinajstić information content (AvgIpc) is 3.05. The van der Waals surface area contributed by atoms with Crippen LogP contribution in [0.15, 0.2) is 54.6 Å². The lowest BCUT2D eigenvalue weighted by Gasteiger charge is -2.30. The average molecular weight is 442 g/mol. The first kappa shape index (κ1) is 20.8. The highest BCUT2D eigenvalue weighted by Gasteiger charge is 2.24. The fourth-order valence-corrected chi connectivity index (χ4v) is 4.18. The molecule has 1 aliphatic heterocycles. The minimum Gasteiger partial charge on any atom is -0.369 e. The van der Waals surface area contributed by atoms with Crippen LogP contribution in [0.2, 0.25) is 5.02 Å². The molecule has 0 bridgehead atoms. The first-order valence-corrected chi connectivity index (χ1v) is 10.8. The Kier molecular flexibility index (Phi) is 6.32. The van der Waals surface area contributed by atoms with Crippen LogP contribution < -0.4 is 5.73 Å². The van der Waals surface area contributed by atoms with E-state index in [1.807, 2.05) is 47.1 Å². The van der Waals surface area contributed by atoms with Gasteiger partial charge in [0.15, 0.2) is 10.6 Å². The normalized spacial score (nSPS) is 15.4. The lowest BCUT2D eigenvalue weighted by molar-refractivity contribution is -0.123. The van der Waals surface area contributed by atoms with Crippen LogP contribution in [-0.2, 0) is 18.0 Å². The van der Waals surface area contributed by atoms with E-state index in [2.05, 4.69) is 21.6 Å². The van der Waals surface area contributed by atoms with Crippen LogP contribution in [0.1, 0.15) is 18.4 Å². The quantitative estimate of drug-likeness (QED) is 0.588. The fraction of sp³-hybridized carbons (Fsp3) is 0.318. The molecule has 156 valence electrons. The summed E-state index contributed by atoms with van der Waals surface area (Å²) in [5.41, 5.74) is 7.58. The van der Waals surface area contributed by atoms with Gasteiger partial charge in [-0.3, -0.25) is 14.3 Å². The maximum absolute atomic E-state index is 11.4. The number of halogens is 1. The second kappa shape index (κ2) is 9.12. The number of hydrogen-bond donors (Lipinski definition) is 1. The number of rotatable bonds is 6. The molecule has 1 saturated heterocycles. The van der Waals surface area contributed by atoms with Gasteiger partial charge in [0.25, 0.3) is 0 Å². The van der Waals surface area contributed by atoms with Crippen molar-refractivity contribution in [3.63, 3.8) is 0 Å². The zero-order chi connectivity index (χ0) is 21.1. The van der Waals surface area contributed by atoms with Crippen LogP contribution in [-0.4, -0.2) is 38.2 Å². The highest BCUT2D eigenvalue weighted by Crippen LogP contribution is 2.23. The molecule has 0 atom stereocenters. The van der Waals surface area contributed by atoms with Crippen molar-refractivity contribution in [3.8, 4) is 11.4 Å². The molecule has 2 heterocycles. The Balaban J connectivity index is 1.63. The number of benzene rings is 2. The van der Waals surface area contributed by atoms with Crippen molar-refractivity contribution >= 4 is 29.7 Å². The number of carbonyl (C=O) groups is 1. The standard InChI is InChI=1S/C22H24ClN5OS/c23-19-8-6-18(7-9-19)21-25-28(15-26-12-10-17(11-13-26)20(24)29)22(30)27(21)14-16-4-2-1-3-5-16/h1-9,17H,10-15H2,(H2,24,29). The van der Waals surface area contributed by atoms with E-state index in [4.69, 9.17) is 34.7 Å². The molecule has 0 saturated carbocycles. The van der Waals surface area contributed by atoms with E-state index in [1.165, 1.54) is 0 Å². The number of nitrogens with zero attached hydrogens (tertiary/aromatic N) is 4. The van der Waals surface area contributed by atoms with E-state index < -0.39 is 0 Å². The first-order valence-electron chi connectivity index (χ1n) is 10.0. The zero-order valence-corrected chi connectivity index (χ0v) is 18.1. The molecule has 2 N–H and O–H groups in total. The summed E-state index contributed by atoms with van der Waals surface area (Å²) < 4.78 is 4.59. The molecular formula is C22H24ClN5OS. The van der Waals surface area contributed by atoms with Gasteiger partial charge in [-0.15, -0.1) is 0 Å². The fourth-order valence-electron chi connectivity index (χ4n) is 3.80. The second-order valence-corrected chi connectivity index (χ2v) is 8.42. The van der Waals surface area contributed by atoms with Gasteiger partial charge in [0, 0.05) is 29.6 Å². The molecule has 1 aromatic heterocycles. The van der Waals surface area contributed by atoms with Crippen LogP contribution in [0.3, 0.4) is 0 Å². The summed E-state index contributed by atoms with van der Waals surface area (Å²) in [6, 6.07) is 17.9. The highest BCUT2D eigenvalue weighted by molar-refractivity contribution is 7.71. The van der Waals surface area contributed by atoms with Crippen LogP contribution in [0.5, 0.6) is 0 Å². The summed E-state index contributed by atoms with van der Waals surface area (Å²) in [4.78, 5) is 13.7. The van der Waals surface area contributed by atoms with Gasteiger partial charge in [-0.25, -0.2) is 4.68 Å². The van der Waals surface area contributed by atoms with Gasteiger partial charge in [-0.05, 0) is 54.9 Å². The molecule has 1 amide bonds. The van der Waals surface area contributed by atoms with Crippen molar-refractivity contribution in [2.75, 3.05) is 13.1 Å². The molecule has 0 aliphatic carbocycles. The zero-order valence-electron chi connectivity index (χ0n) is 16.6. The lowest BCUT2D eigenvalue weighted by Crippen LogP contribution is -2.39. The summed E-state index contributed by atoms with van der Waals surface area (Å²) in [5, 5.41) is 5.54. The van der Waals surface area contributed by atoms with Crippen LogP contribution >= 0.6 is 23.8 Å². The van der Waals surface area contributed by atoms with Gasteiger partial charge in [0.05, 0.1) is 13.2 Å². The van der Waals surface area contributed by atoms with E-state index in [0.717, 1.165) is 42.9 Å². The molecule has 0 radical (unpaired) electrons. The first-order chi connectivity index (χ1) is 14.5. The Morgan fingerprint density at radius 2 is 1.77 bits per heavy atom. The van der Waals surface area contributed by atoms with Crippen molar-refractivity contribution in [1.29, 1.82) is 0 Å². The van der Waals surface area contributed by atoms with E-state index in [0.29, 0.717) is 23.0 Å². The minimum absolute atomic E-state index is 0.0329. The maximum atomic E-state index is 11.4. The molecule has 0 unspecified atom stereocenters. The molecule has 0 spiro atoms. The van der Waals surface area contributed by atoms with E-state index >= 15 is 0 Å². The van der Waals surface area contributed by atoms with Crippen molar-refractivity contribution in [2.45, 2.75) is 26.1 Å². The van der Waals surface area contributed by atoms with Gasteiger partial charge < -0.3 is 5.73 Å². The predicted molar refractivity (Wildman–Crippen MR) is 121 cm³/mol. The van der Waals surface area contributed by atoms with E-state index in [-0.39, 0.29) is 11.8 Å². The molecule has 1 fully saturated rings. The Morgan fingerprint density at radius 1 is 1.10 bits per heavy atom. The lowest BCUT2D eigenvalue weighted by atomic mass is 9.97. The smallest absolute Gasteiger partial charge is 0.220 e. The van der Waals surface area contributed by atoms with E-state index in [1.54, 1.807) is 0 Å². The van der Waals surface area contributed by atoms with Gasteiger partial charge in [-0.1, -0.05) is 41.9 Å². The molecule has 3 aromatic rings. The minimum atomic E-state index is -0.205. The molecule has 4 rings (SSSR count). The Morgan fingerprint density at radius 3 is 2.40 bits per heavy atom. The second-order valence-electron chi connectivity index (χ2n) is 7.62. The summed E-state index contributed by atoms with van der Waals surface area (Å²) in [6.07, 6.45) is 1.55. The van der Waals surface area contributed by atoms with Crippen LogP contribution in [0, 0.1) is 10.7 Å². The van der Waals surface area contributed by atoms with Crippen molar-refractivity contribution < 1.29 is 4.79 Å².